The Morgan fingerprint density at radius 1 is 1.11 bits per heavy atom. The summed E-state index contributed by atoms with van der Waals surface area (Å²) in [5, 5.41) is 10.3. The first-order valence-electron chi connectivity index (χ1n) is 8.75. The highest BCUT2D eigenvalue weighted by Gasteiger charge is 2.13. The average molecular weight is 393 g/mol. The standard InChI is InChI=1S/C21H19N3O3S/c1-13-4-9-17-15(11-19(25)27-18(17)10-13)12-28-21-23-22-20(24(21)2)14-5-7-16(26-3)8-6-14/h4-11H,12H2,1-3H3. The number of nitrogens with zero attached hydrogens (tertiary/aromatic N) is 3. The van der Waals surface area contributed by atoms with Crippen molar-refractivity contribution in [2.75, 3.05) is 7.11 Å². The van der Waals surface area contributed by atoms with Crippen LogP contribution in [-0.2, 0) is 12.8 Å². The Labute approximate surface area is 166 Å². The van der Waals surface area contributed by atoms with Crippen molar-refractivity contribution < 1.29 is 9.15 Å². The van der Waals surface area contributed by atoms with Gasteiger partial charge in [0.15, 0.2) is 11.0 Å². The fourth-order valence-corrected chi connectivity index (χ4v) is 3.93. The third kappa shape index (κ3) is 3.53. The molecule has 0 atom stereocenters. The second-order valence-electron chi connectivity index (χ2n) is 6.47. The van der Waals surface area contributed by atoms with Crippen LogP contribution in [0.25, 0.3) is 22.4 Å². The van der Waals surface area contributed by atoms with E-state index >= 15 is 0 Å². The molecule has 0 fully saturated rings. The average Bonchev–Trinajstić information content (AvgIpc) is 3.06. The Kier molecular flexibility index (Phi) is 4.92. The highest BCUT2D eigenvalue weighted by molar-refractivity contribution is 7.98. The Morgan fingerprint density at radius 2 is 1.89 bits per heavy atom. The lowest BCUT2D eigenvalue weighted by Crippen LogP contribution is -2.01. The molecule has 7 heteroatoms. The second kappa shape index (κ2) is 7.52. The highest BCUT2D eigenvalue weighted by Crippen LogP contribution is 2.28. The van der Waals surface area contributed by atoms with E-state index in [1.807, 2.05) is 61.0 Å². The molecule has 2 heterocycles. The Balaban J connectivity index is 1.60. The number of methoxy groups -OCH3 is 1. The first-order valence-corrected chi connectivity index (χ1v) is 9.74. The molecule has 0 saturated carbocycles. The third-order valence-corrected chi connectivity index (χ3v) is 5.59. The molecule has 28 heavy (non-hydrogen) atoms. The molecule has 142 valence electrons. The van der Waals surface area contributed by atoms with Crippen molar-refractivity contribution in [1.82, 2.24) is 14.8 Å². The van der Waals surface area contributed by atoms with E-state index in [9.17, 15) is 4.79 Å². The topological polar surface area (TPSA) is 70.2 Å². The maximum atomic E-state index is 11.9. The fourth-order valence-electron chi connectivity index (χ4n) is 3.03. The van der Waals surface area contributed by atoms with E-state index in [4.69, 9.17) is 9.15 Å². The molecule has 0 amide bonds. The van der Waals surface area contributed by atoms with E-state index in [2.05, 4.69) is 10.2 Å². The fraction of sp³-hybridized carbons (Fsp3) is 0.190. The van der Waals surface area contributed by atoms with Crippen LogP contribution in [0.2, 0.25) is 0 Å². The zero-order valence-electron chi connectivity index (χ0n) is 15.8. The van der Waals surface area contributed by atoms with Crippen LogP contribution >= 0.6 is 11.8 Å². The maximum absolute atomic E-state index is 11.9. The van der Waals surface area contributed by atoms with Gasteiger partial charge in [-0.15, -0.1) is 10.2 Å². The number of aryl methyl sites for hydroxylation is 1. The predicted molar refractivity (Wildman–Crippen MR) is 110 cm³/mol. The smallest absolute Gasteiger partial charge is 0.336 e. The van der Waals surface area contributed by atoms with Crippen LogP contribution in [0.15, 0.2) is 62.9 Å². The summed E-state index contributed by atoms with van der Waals surface area (Å²) in [7, 11) is 3.57. The number of hydrogen-bond donors (Lipinski definition) is 0. The number of fused-ring (bicyclic) bond motifs is 1. The Bertz CT molecular complexity index is 1200. The van der Waals surface area contributed by atoms with E-state index in [1.165, 1.54) is 11.8 Å². The van der Waals surface area contributed by atoms with Gasteiger partial charge >= 0.3 is 5.63 Å². The normalized spacial score (nSPS) is 11.1. The number of rotatable bonds is 5. The zero-order chi connectivity index (χ0) is 19.7. The summed E-state index contributed by atoms with van der Waals surface area (Å²) in [6.07, 6.45) is 0. The SMILES string of the molecule is COc1ccc(-c2nnc(SCc3cc(=O)oc4cc(C)ccc34)n2C)cc1. The summed E-state index contributed by atoms with van der Waals surface area (Å²) < 4.78 is 12.5. The number of thioether (sulfide) groups is 1. The van der Waals surface area contributed by atoms with Crippen molar-refractivity contribution >= 4 is 22.7 Å². The van der Waals surface area contributed by atoms with Crippen LogP contribution in [0.4, 0.5) is 0 Å². The van der Waals surface area contributed by atoms with Gasteiger partial charge in [0.2, 0.25) is 0 Å². The lowest BCUT2D eigenvalue weighted by molar-refractivity contribution is 0.415. The minimum absolute atomic E-state index is 0.342. The van der Waals surface area contributed by atoms with Crippen molar-refractivity contribution in [3.05, 3.63) is 70.1 Å². The van der Waals surface area contributed by atoms with Crippen molar-refractivity contribution in [2.45, 2.75) is 17.8 Å². The largest absolute Gasteiger partial charge is 0.497 e. The Hall–Kier alpha value is -3.06. The molecule has 4 rings (SSSR count). The summed E-state index contributed by atoms with van der Waals surface area (Å²) in [6, 6.07) is 15.1. The van der Waals surface area contributed by atoms with Gasteiger partial charge < -0.3 is 13.7 Å². The monoisotopic (exact) mass is 393 g/mol. The molecule has 0 aliphatic carbocycles. The van der Waals surface area contributed by atoms with Crippen LogP contribution < -0.4 is 10.4 Å². The molecule has 0 N–H and O–H groups in total. The Morgan fingerprint density at radius 3 is 2.64 bits per heavy atom. The van der Waals surface area contributed by atoms with Crippen LogP contribution in [0.5, 0.6) is 5.75 Å². The minimum atomic E-state index is -0.342. The van der Waals surface area contributed by atoms with Gasteiger partial charge in [0.25, 0.3) is 0 Å². The van der Waals surface area contributed by atoms with Crippen molar-refractivity contribution in [1.29, 1.82) is 0 Å². The molecule has 0 aliphatic rings. The molecule has 2 aromatic heterocycles. The number of ether oxygens (including phenoxy) is 1. The van der Waals surface area contributed by atoms with Crippen LogP contribution in [0.3, 0.4) is 0 Å². The van der Waals surface area contributed by atoms with Gasteiger partial charge in [0.05, 0.1) is 7.11 Å². The van der Waals surface area contributed by atoms with E-state index in [0.29, 0.717) is 11.3 Å². The highest BCUT2D eigenvalue weighted by atomic mass is 32.2. The maximum Gasteiger partial charge on any atom is 0.336 e. The van der Waals surface area contributed by atoms with Crippen molar-refractivity contribution in [3.63, 3.8) is 0 Å². The summed E-state index contributed by atoms with van der Waals surface area (Å²) >= 11 is 1.54. The third-order valence-electron chi connectivity index (χ3n) is 4.53. The van der Waals surface area contributed by atoms with E-state index in [0.717, 1.165) is 38.8 Å². The molecule has 2 aromatic carbocycles. The van der Waals surface area contributed by atoms with Gasteiger partial charge in [0.1, 0.15) is 11.3 Å². The van der Waals surface area contributed by atoms with Gasteiger partial charge in [-0.3, -0.25) is 0 Å². The van der Waals surface area contributed by atoms with Crippen LogP contribution in [0.1, 0.15) is 11.1 Å². The molecule has 4 aromatic rings. The van der Waals surface area contributed by atoms with E-state index in [-0.39, 0.29) is 5.63 Å². The summed E-state index contributed by atoms with van der Waals surface area (Å²) in [5.74, 6) is 2.17. The summed E-state index contributed by atoms with van der Waals surface area (Å²) in [4.78, 5) is 11.9. The second-order valence-corrected chi connectivity index (χ2v) is 7.42. The lowest BCUT2D eigenvalue weighted by atomic mass is 10.1. The quantitative estimate of drug-likeness (QED) is 0.374. The van der Waals surface area contributed by atoms with Gasteiger partial charge in [-0.2, -0.15) is 0 Å². The molecule has 0 aliphatic heterocycles. The van der Waals surface area contributed by atoms with Gasteiger partial charge in [-0.25, -0.2) is 4.79 Å². The van der Waals surface area contributed by atoms with Crippen LogP contribution in [0, 0.1) is 6.92 Å². The van der Waals surface area contributed by atoms with Crippen molar-refractivity contribution in [3.8, 4) is 17.1 Å². The molecule has 0 saturated heterocycles. The van der Waals surface area contributed by atoms with E-state index in [1.54, 1.807) is 13.2 Å². The molecule has 6 nitrogen and oxygen atoms in total. The molecular formula is C21H19N3O3S. The first kappa shape index (κ1) is 18.3. The van der Waals surface area contributed by atoms with Crippen molar-refractivity contribution in [2.24, 2.45) is 7.05 Å². The first-order chi connectivity index (χ1) is 13.5. The lowest BCUT2D eigenvalue weighted by Gasteiger charge is -2.07. The number of benzene rings is 2. The molecule has 0 bridgehead atoms. The van der Waals surface area contributed by atoms with Crippen LogP contribution in [-0.4, -0.2) is 21.9 Å². The predicted octanol–water partition coefficient (Wildman–Crippen LogP) is 4.20. The summed E-state index contributed by atoms with van der Waals surface area (Å²) in [5.41, 5.74) is 3.21. The number of aromatic nitrogens is 3. The summed E-state index contributed by atoms with van der Waals surface area (Å²) in [6.45, 7) is 1.97. The number of hydrogen-bond acceptors (Lipinski definition) is 6. The van der Waals surface area contributed by atoms with E-state index < -0.39 is 0 Å². The molecule has 0 spiro atoms. The van der Waals surface area contributed by atoms with Gasteiger partial charge in [0, 0.05) is 29.8 Å². The zero-order valence-corrected chi connectivity index (χ0v) is 16.6. The molecular weight excluding hydrogens is 374 g/mol. The van der Waals surface area contributed by atoms with Gasteiger partial charge in [-0.1, -0.05) is 23.9 Å². The molecule has 0 radical (unpaired) electrons. The van der Waals surface area contributed by atoms with Gasteiger partial charge in [-0.05, 0) is 48.4 Å². The minimum Gasteiger partial charge on any atom is -0.497 e. The molecule has 0 unspecified atom stereocenters.